The number of ether oxygens (including phenoxy) is 2. The quantitative estimate of drug-likeness (QED) is 0.164. The first-order chi connectivity index (χ1) is 22.5. The molecule has 0 N–H and O–H groups in total. The molecule has 0 atom stereocenters. The fourth-order valence-electron chi connectivity index (χ4n) is 9.29. The summed E-state index contributed by atoms with van der Waals surface area (Å²) in [6, 6.07) is 4.99. The topological polar surface area (TPSA) is 18.5 Å². The summed E-state index contributed by atoms with van der Waals surface area (Å²) < 4.78 is 58.0. The van der Waals surface area contributed by atoms with E-state index < -0.39 is 17.5 Å². The molecule has 0 amide bonds. The van der Waals surface area contributed by atoms with Gasteiger partial charge in [0.25, 0.3) is 0 Å². The molecule has 4 aliphatic carbocycles. The van der Waals surface area contributed by atoms with Crippen molar-refractivity contribution in [2.24, 2.45) is 35.5 Å². The van der Waals surface area contributed by atoms with Gasteiger partial charge in [-0.15, -0.1) is 0 Å². The highest BCUT2D eigenvalue weighted by atomic mass is 19.2. The van der Waals surface area contributed by atoms with Crippen molar-refractivity contribution in [3.63, 3.8) is 0 Å². The summed E-state index contributed by atoms with van der Waals surface area (Å²) >= 11 is 0. The van der Waals surface area contributed by atoms with E-state index in [1.807, 2.05) is 0 Å². The van der Waals surface area contributed by atoms with E-state index >= 15 is 13.2 Å². The molecule has 0 radical (unpaired) electrons. The second-order valence-corrected chi connectivity index (χ2v) is 15.4. The molecule has 3 fully saturated rings. The second kappa shape index (κ2) is 15.8. The first kappa shape index (κ1) is 33.7. The molecule has 2 aromatic carbocycles. The summed E-state index contributed by atoms with van der Waals surface area (Å²) in [5, 5.41) is 0. The van der Waals surface area contributed by atoms with E-state index in [4.69, 9.17) is 9.47 Å². The normalized spacial score (nSPS) is 27.4. The highest BCUT2D eigenvalue weighted by Gasteiger charge is 2.36. The third-order valence-corrected chi connectivity index (χ3v) is 12.4. The Kier molecular flexibility index (Phi) is 11.6. The zero-order chi connectivity index (χ0) is 32.0. The predicted molar refractivity (Wildman–Crippen MR) is 182 cm³/mol. The third kappa shape index (κ3) is 7.59. The average molecular weight is 639 g/mol. The number of unbranched alkanes of at least 4 members (excludes halogenated alkanes) is 3. The van der Waals surface area contributed by atoms with Gasteiger partial charge in [0.15, 0.2) is 23.1 Å². The van der Waals surface area contributed by atoms with Crippen LogP contribution < -0.4 is 9.47 Å². The van der Waals surface area contributed by atoms with Crippen LogP contribution in [0.5, 0.6) is 11.5 Å². The summed E-state index contributed by atoms with van der Waals surface area (Å²) in [5.41, 5.74) is 1.27. The van der Waals surface area contributed by atoms with E-state index in [1.165, 1.54) is 96.3 Å². The number of hydrogen-bond donors (Lipinski definition) is 0. The van der Waals surface area contributed by atoms with Crippen molar-refractivity contribution in [1.82, 2.24) is 0 Å². The highest BCUT2D eigenvalue weighted by molar-refractivity contribution is 6.04. The Morgan fingerprint density at radius 1 is 0.522 bits per heavy atom. The summed E-state index contributed by atoms with van der Waals surface area (Å²) in [4.78, 5) is 0. The minimum Gasteiger partial charge on any atom is -0.490 e. The third-order valence-electron chi connectivity index (χ3n) is 12.4. The Labute approximate surface area is 276 Å². The number of halogens is 3. The molecule has 46 heavy (non-hydrogen) atoms. The van der Waals surface area contributed by atoms with Crippen LogP contribution in [0, 0.1) is 53.0 Å². The monoisotopic (exact) mass is 638 g/mol. The van der Waals surface area contributed by atoms with Crippen LogP contribution in [-0.4, -0.2) is 13.2 Å². The SMILES string of the molecule is CCCCCC1CCC(C2CCC(COc3cc4c(c(F)c3F)-c3c-4ccc(OCC4CCC(CCCC)CC4)c3F)CC2)CC1. The van der Waals surface area contributed by atoms with Crippen LogP contribution in [-0.2, 0) is 0 Å². The predicted octanol–water partition coefficient (Wildman–Crippen LogP) is 12.7. The molecule has 0 aromatic heterocycles. The number of hydrogen-bond acceptors (Lipinski definition) is 2. The van der Waals surface area contributed by atoms with Crippen LogP contribution in [0.4, 0.5) is 13.2 Å². The summed E-state index contributed by atoms with van der Waals surface area (Å²) in [6.07, 6.45) is 24.2. The number of fused-ring (bicyclic) bond motifs is 4. The molecule has 4 aliphatic rings. The van der Waals surface area contributed by atoms with Crippen LogP contribution in [0.2, 0.25) is 0 Å². The van der Waals surface area contributed by atoms with Crippen LogP contribution in [0.3, 0.4) is 0 Å². The van der Waals surface area contributed by atoms with Crippen molar-refractivity contribution < 1.29 is 22.6 Å². The van der Waals surface area contributed by atoms with E-state index in [9.17, 15) is 0 Å². The number of rotatable bonds is 14. The van der Waals surface area contributed by atoms with Gasteiger partial charge in [0.2, 0.25) is 5.82 Å². The van der Waals surface area contributed by atoms with Crippen molar-refractivity contribution in [2.75, 3.05) is 13.2 Å². The molecule has 0 saturated heterocycles. The fourth-order valence-corrected chi connectivity index (χ4v) is 9.29. The zero-order valence-corrected chi connectivity index (χ0v) is 28.5. The highest BCUT2D eigenvalue weighted by Crippen LogP contribution is 2.54. The van der Waals surface area contributed by atoms with Crippen molar-refractivity contribution in [3.8, 4) is 33.8 Å². The Morgan fingerprint density at radius 3 is 1.63 bits per heavy atom. The molecule has 2 nitrogen and oxygen atoms in total. The molecule has 0 spiro atoms. The lowest BCUT2D eigenvalue weighted by molar-refractivity contribution is 0.120. The maximum absolute atomic E-state index is 15.6. The van der Waals surface area contributed by atoms with E-state index in [2.05, 4.69) is 13.8 Å². The zero-order valence-electron chi connectivity index (χ0n) is 28.5. The molecule has 5 heteroatoms. The number of benzene rings is 2. The van der Waals surface area contributed by atoms with E-state index in [0.29, 0.717) is 36.2 Å². The van der Waals surface area contributed by atoms with Gasteiger partial charge < -0.3 is 9.47 Å². The van der Waals surface area contributed by atoms with Gasteiger partial charge in [-0.05, 0) is 116 Å². The Morgan fingerprint density at radius 2 is 1.02 bits per heavy atom. The molecule has 6 rings (SSSR count). The van der Waals surface area contributed by atoms with Gasteiger partial charge in [-0.2, -0.15) is 4.39 Å². The van der Waals surface area contributed by atoms with Gasteiger partial charge in [0, 0.05) is 11.1 Å². The largest absolute Gasteiger partial charge is 0.490 e. The molecule has 0 heterocycles. The summed E-state index contributed by atoms with van der Waals surface area (Å²) in [6.45, 7) is 5.39. The fraction of sp³-hybridized carbons (Fsp3) is 0.707. The first-order valence-corrected chi connectivity index (χ1v) is 19.1. The molecule has 0 unspecified atom stereocenters. The lowest BCUT2D eigenvalue weighted by Gasteiger charge is -2.38. The van der Waals surface area contributed by atoms with Gasteiger partial charge in [-0.25, -0.2) is 8.78 Å². The van der Waals surface area contributed by atoms with Gasteiger partial charge >= 0.3 is 0 Å². The average Bonchev–Trinajstić information content (AvgIpc) is 3.08. The lowest BCUT2D eigenvalue weighted by Crippen LogP contribution is -2.27. The van der Waals surface area contributed by atoms with Crippen LogP contribution in [0.1, 0.15) is 136 Å². The Hall–Kier alpha value is -2.17. The smallest absolute Gasteiger partial charge is 0.201 e. The lowest BCUT2D eigenvalue weighted by atomic mass is 9.69. The van der Waals surface area contributed by atoms with E-state index in [-0.39, 0.29) is 22.6 Å². The van der Waals surface area contributed by atoms with Crippen molar-refractivity contribution in [1.29, 1.82) is 0 Å². The van der Waals surface area contributed by atoms with Crippen molar-refractivity contribution in [2.45, 2.75) is 136 Å². The van der Waals surface area contributed by atoms with Gasteiger partial charge in [-0.3, -0.25) is 0 Å². The molecule has 3 saturated carbocycles. The summed E-state index contributed by atoms with van der Waals surface area (Å²) in [5.74, 6) is 1.67. The van der Waals surface area contributed by atoms with Crippen molar-refractivity contribution in [3.05, 3.63) is 35.7 Å². The van der Waals surface area contributed by atoms with Gasteiger partial charge in [-0.1, -0.05) is 84.5 Å². The second-order valence-electron chi connectivity index (χ2n) is 15.4. The molecule has 2 aromatic rings. The molecule has 0 aliphatic heterocycles. The standard InChI is InChI=1S/C41H57F3O2/c1-3-5-7-9-28-14-18-31(19-15-28)32-20-16-30(17-21-32)26-46-36-24-34-33-22-23-35(39(42)37(33)38(34)41(44)40(36)43)45-25-29-12-10-27(11-13-29)8-6-4-2/h22-24,27-32H,3-21,25-26H2,1-2H3. The van der Waals surface area contributed by atoms with Crippen LogP contribution in [0.25, 0.3) is 22.3 Å². The molecular weight excluding hydrogens is 581 g/mol. The van der Waals surface area contributed by atoms with E-state index in [1.54, 1.807) is 18.2 Å². The minimum atomic E-state index is -1.02. The molecule has 0 bridgehead atoms. The summed E-state index contributed by atoms with van der Waals surface area (Å²) in [7, 11) is 0. The first-order valence-electron chi connectivity index (χ1n) is 19.1. The molecule has 254 valence electrons. The van der Waals surface area contributed by atoms with Gasteiger partial charge in [0.05, 0.1) is 13.2 Å². The van der Waals surface area contributed by atoms with Crippen LogP contribution in [0.15, 0.2) is 18.2 Å². The van der Waals surface area contributed by atoms with Crippen LogP contribution >= 0.6 is 0 Å². The maximum Gasteiger partial charge on any atom is 0.201 e. The maximum atomic E-state index is 15.6. The van der Waals surface area contributed by atoms with E-state index in [0.717, 1.165) is 49.4 Å². The Bertz CT molecular complexity index is 1280. The Balaban J connectivity index is 0.981. The molecular formula is C41H57F3O2. The van der Waals surface area contributed by atoms with Gasteiger partial charge in [0.1, 0.15) is 0 Å². The van der Waals surface area contributed by atoms with Crippen molar-refractivity contribution >= 4 is 0 Å². The minimum absolute atomic E-state index is 0.0137.